The minimum absolute atomic E-state index is 0.0334. The summed E-state index contributed by atoms with van der Waals surface area (Å²) in [6, 6.07) is 9.35. The number of hydroxylamine groups is 1. The number of rotatable bonds is 3. The van der Waals surface area contributed by atoms with Crippen molar-refractivity contribution in [2.75, 3.05) is 0 Å². The van der Waals surface area contributed by atoms with Crippen LogP contribution in [0.2, 0.25) is 0 Å². The number of hydrogen-bond acceptors (Lipinski definition) is 5. The van der Waals surface area contributed by atoms with Crippen LogP contribution in [0.15, 0.2) is 47.8 Å². The molecule has 0 saturated heterocycles. The Hall–Kier alpha value is -3.34. The molecule has 0 aromatic heterocycles. The predicted octanol–water partition coefficient (Wildman–Crippen LogP) is 2.46. The smallest absolute Gasteiger partial charge is 0.258 e. The van der Waals surface area contributed by atoms with Gasteiger partial charge < -0.3 is 10.4 Å². The van der Waals surface area contributed by atoms with Gasteiger partial charge in [-0.25, -0.2) is 0 Å². The van der Waals surface area contributed by atoms with E-state index in [1.165, 1.54) is 12.2 Å². The van der Waals surface area contributed by atoms with Crippen molar-refractivity contribution in [2.45, 2.75) is 12.8 Å². The highest BCUT2D eigenvalue weighted by Gasteiger charge is 2.39. The molecule has 8 heteroatoms. The maximum absolute atomic E-state index is 11.5. The molecule has 0 spiro atoms. The standard InChI is InChI=1S/C15H11N4O4/c1-9-3-2-4-10(7-9)12(8-16)11-5-6-13-14(15(11)18(20)21)17-23-19(13)22/h2-7,11-12H,1H3/q-1. The van der Waals surface area contributed by atoms with Gasteiger partial charge in [-0.15, -0.1) is 0 Å². The van der Waals surface area contributed by atoms with E-state index in [1.54, 1.807) is 12.1 Å². The third-order valence-electron chi connectivity index (χ3n) is 3.76. The summed E-state index contributed by atoms with van der Waals surface area (Å²) in [5.74, 6) is -1.59. The van der Waals surface area contributed by atoms with E-state index in [-0.39, 0.29) is 22.0 Å². The number of nitriles is 1. The molecule has 2 unspecified atom stereocenters. The van der Waals surface area contributed by atoms with Crippen LogP contribution in [0.5, 0.6) is 0 Å². The summed E-state index contributed by atoms with van der Waals surface area (Å²) in [7, 11) is 0. The Bertz CT molecular complexity index is 819. The van der Waals surface area contributed by atoms with Gasteiger partial charge in [0.15, 0.2) is 0 Å². The molecule has 0 fully saturated rings. The van der Waals surface area contributed by atoms with Crippen molar-refractivity contribution in [3.8, 4) is 6.07 Å². The number of nitro groups is 1. The molecule has 0 saturated carbocycles. The highest BCUT2D eigenvalue weighted by Crippen LogP contribution is 2.38. The van der Waals surface area contributed by atoms with E-state index in [9.17, 15) is 20.6 Å². The molecular weight excluding hydrogens is 300 g/mol. The molecule has 2 aliphatic rings. The van der Waals surface area contributed by atoms with Gasteiger partial charge in [0.25, 0.3) is 5.71 Å². The van der Waals surface area contributed by atoms with Gasteiger partial charge in [-0.2, -0.15) is 5.26 Å². The van der Waals surface area contributed by atoms with Crippen LogP contribution in [0.3, 0.4) is 0 Å². The van der Waals surface area contributed by atoms with Crippen LogP contribution in [0.4, 0.5) is 0 Å². The molecule has 116 valence electrons. The third kappa shape index (κ3) is 2.38. The van der Waals surface area contributed by atoms with Crippen molar-refractivity contribution < 1.29 is 14.8 Å². The Morgan fingerprint density at radius 3 is 2.96 bits per heavy atom. The van der Waals surface area contributed by atoms with Crippen LogP contribution in [0.25, 0.3) is 5.48 Å². The fourth-order valence-corrected chi connectivity index (χ4v) is 2.72. The van der Waals surface area contributed by atoms with E-state index in [2.05, 4.69) is 16.5 Å². The van der Waals surface area contributed by atoms with Crippen LogP contribution >= 0.6 is 0 Å². The summed E-state index contributed by atoms with van der Waals surface area (Å²) >= 11 is 0. The molecule has 1 aliphatic heterocycles. The molecule has 8 nitrogen and oxygen atoms in total. The number of benzene rings is 1. The first-order valence-electron chi connectivity index (χ1n) is 6.78. The Kier molecular flexibility index (Phi) is 3.46. The van der Waals surface area contributed by atoms with E-state index in [0.29, 0.717) is 5.56 Å². The monoisotopic (exact) mass is 311 g/mol. The van der Waals surface area contributed by atoms with Gasteiger partial charge in [-0.05, 0) is 12.5 Å². The fraction of sp³-hybridized carbons (Fsp3) is 0.200. The average Bonchev–Trinajstić information content (AvgIpc) is 2.89. The molecule has 0 bridgehead atoms. The zero-order valence-corrected chi connectivity index (χ0v) is 12.0. The Morgan fingerprint density at radius 2 is 2.30 bits per heavy atom. The minimum atomic E-state index is -0.825. The zero-order valence-electron chi connectivity index (χ0n) is 12.0. The van der Waals surface area contributed by atoms with E-state index >= 15 is 0 Å². The van der Waals surface area contributed by atoms with E-state index < -0.39 is 16.8 Å². The summed E-state index contributed by atoms with van der Waals surface area (Å²) in [5.41, 5.74) is 4.61. The lowest BCUT2D eigenvalue weighted by molar-refractivity contribution is -0.717. The first-order chi connectivity index (χ1) is 11.0. The van der Waals surface area contributed by atoms with Crippen molar-refractivity contribution in [1.29, 1.82) is 5.26 Å². The second-order valence-electron chi connectivity index (χ2n) is 5.21. The molecule has 1 heterocycles. The number of allylic oxidation sites excluding steroid dienone is 2. The number of hydrogen-bond donors (Lipinski definition) is 0. The van der Waals surface area contributed by atoms with Crippen molar-refractivity contribution in [3.05, 3.63) is 79.7 Å². The third-order valence-corrected chi connectivity index (χ3v) is 3.76. The SMILES string of the molecule is Cc1cccc(C(C#N)C2C=CC3=[N+]([O-])O[N-]C3=C2[N+](=O)[O-])c1. The second-order valence-corrected chi connectivity index (χ2v) is 5.21. The topological polar surface area (TPSA) is 116 Å². The summed E-state index contributed by atoms with van der Waals surface area (Å²) in [5, 5.41) is 32.5. The first-order valence-corrected chi connectivity index (χ1v) is 6.78. The molecule has 0 amide bonds. The molecule has 0 radical (unpaired) electrons. The lowest BCUT2D eigenvalue weighted by atomic mass is 9.81. The molecule has 3 rings (SSSR count). The average molecular weight is 311 g/mol. The van der Waals surface area contributed by atoms with Crippen molar-refractivity contribution in [3.63, 3.8) is 0 Å². The summed E-state index contributed by atoms with van der Waals surface area (Å²) in [6.07, 6.45) is 2.87. The van der Waals surface area contributed by atoms with Gasteiger partial charge in [0.2, 0.25) is 5.70 Å². The Labute approximate surface area is 131 Å². The maximum atomic E-state index is 11.5. The second kappa shape index (κ2) is 5.46. The van der Waals surface area contributed by atoms with Crippen LogP contribution < -0.4 is 0 Å². The van der Waals surface area contributed by atoms with E-state index in [1.807, 2.05) is 19.1 Å². The summed E-state index contributed by atoms with van der Waals surface area (Å²) < 4.78 is 0. The molecule has 23 heavy (non-hydrogen) atoms. The lowest BCUT2D eigenvalue weighted by Crippen LogP contribution is -2.24. The summed E-state index contributed by atoms with van der Waals surface area (Å²) in [4.78, 5) is 15.4. The minimum Gasteiger partial charge on any atom is -0.567 e. The molecular formula is C15H11N4O4-. The maximum Gasteiger partial charge on any atom is 0.258 e. The van der Waals surface area contributed by atoms with E-state index in [0.717, 1.165) is 5.56 Å². The normalized spacial score (nSPS) is 20.4. The van der Waals surface area contributed by atoms with Crippen LogP contribution in [0, 0.1) is 39.5 Å². The zero-order chi connectivity index (χ0) is 16.6. The Balaban J connectivity index is 2.10. The van der Waals surface area contributed by atoms with Gasteiger partial charge in [-0.3, -0.25) is 15.3 Å². The van der Waals surface area contributed by atoms with Crippen LogP contribution in [-0.4, -0.2) is 15.5 Å². The van der Waals surface area contributed by atoms with Crippen molar-refractivity contribution >= 4 is 5.71 Å². The predicted molar refractivity (Wildman–Crippen MR) is 79.3 cm³/mol. The van der Waals surface area contributed by atoms with E-state index in [4.69, 9.17) is 0 Å². The number of fused-ring (bicyclic) bond motifs is 1. The fourth-order valence-electron chi connectivity index (χ4n) is 2.72. The van der Waals surface area contributed by atoms with Gasteiger partial charge in [0, 0.05) is 16.7 Å². The van der Waals surface area contributed by atoms with Gasteiger partial charge >= 0.3 is 0 Å². The van der Waals surface area contributed by atoms with Crippen LogP contribution in [-0.2, 0) is 4.94 Å². The summed E-state index contributed by atoms with van der Waals surface area (Å²) in [6.45, 7) is 1.88. The highest BCUT2D eigenvalue weighted by molar-refractivity contribution is 6.08. The largest absolute Gasteiger partial charge is 0.567 e. The van der Waals surface area contributed by atoms with Crippen molar-refractivity contribution in [1.82, 2.24) is 0 Å². The molecule has 1 aromatic rings. The number of aryl methyl sites for hydroxylation is 1. The first kappa shape index (κ1) is 14.6. The van der Waals surface area contributed by atoms with Crippen molar-refractivity contribution in [2.24, 2.45) is 5.92 Å². The molecule has 1 aliphatic carbocycles. The molecule has 0 N–H and O–H groups in total. The highest BCUT2D eigenvalue weighted by atomic mass is 16.9. The van der Waals surface area contributed by atoms with Crippen LogP contribution in [0.1, 0.15) is 17.0 Å². The van der Waals surface area contributed by atoms with Gasteiger partial charge in [-0.1, -0.05) is 35.9 Å². The quantitative estimate of drug-likeness (QED) is 0.483. The van der Waals surface area contributed by atoms with Gasteiger partial charge in [0.05, 0.1) is 22.8 Å². The molecule has 1 aromatic carbocycles. The lowest BCUT2D eigenvalue weighted by Gasteiger charge is -2.24. The van der Waals surface area contributed by atoms with Gasteiger partial charge in [0.1, 0.15) is 0 Å². The number of nitrogens with zero attached hydrogens (tertiary/aromatic N) is 4. The molecule has 2 atom stereocenters. The Morgan fingerprint density at radius 1 is 1.52 bits per heavy atom.